The van der Waals surface area contributed by atoms with Crippen molar-refractivity contribution in [3.05, 3.63) is 112 Å². The molecule has 0 aromatic heterocycles. The first kappa shape index (κ1) is 29.0. The SMILES string of the molecule is CCCOC(=O)C1=C(C)NC2=C(C(=O)CC(c3ccc(OC)c(OC)c3)C2)C1c1cccc(OCc2ccccc2)c1. The number of ketones is 1. The summed E-state index contributed by atoms with van der Waals surface area (Å²) in [6, 6.07) is 23.4. The fourth-order valence-corrected chi connectivity index (χ4v) is 5.78. The van der Waals surface area contributed by atoms with E-state index in [0.717, 1.165) is 22.4 Å². The van der Waals surface area contributed by atoms with Crippen LogP contribution in [0.25, 0.3) is 0 Å². The maximum atomic E-state index is 14.0. The highest BCUT2D eigenvalue weighted by atomic mass is 16.5. The first-order valence-corrected chi connectivity index (χ1v) is 14.3. The second kappa shape index (κ2) is 13.0. The van der Waals surface area contributed by atoms with E-state index < -0.39 is 11.9 Å². The third-order valence-electron chi connectivity index (χ3n) is 7.80. The molecule has 0 fully saturated rings. The van der Waals surface area contributed by atoms with Gasteiger partial charge in [0.2, 0.25) is 0 Å². The van der Waals surface area contributed by atoms with Gasteiger partial charge in [0.1, 0.15) is 12.4 Å². The van der Waals surface area contributed by atoms with Crippen LogP contribution in [0.5, 0.6) is 17.2 Å². The monoisotopic (exact) mass is 567 g/mol. The van der Waals surface area contributed by atoms with Gasteiger partial charge in [0.25, 0.3) is 0 Å². The van der Waals surface area contributed by atoms with Gasteiger partial charge in [-0.1, -0.05) is 55.5 Å². The van der Waals surface area contributed by atoms with E-state index in [1.807, 2.05) is 86.6 Å². The van der Waals surface area contributed by atoms with Crippen molar-refractivity contribution in [1.82, 2.24) is 5.32 Å². The van der Waals surface area contributed by atoms with E-state index in [9.17, 15) is 9.59 Å². The van der Waals surface area contributed by atoms with Gasteiger partial charge in [-0.3, -0.25) is 4.79 Å². The molecular formula is C35H37NO6. The molecule has 7 heteroatoms. The van der Waals surface area contributed by atoms with Crippen molar-refractivity contribution in [3.63, 3.8) is 0 Å². The van der Waals surface area contributed by atoms with E-state index >= 15 is 0 Å². The molecule has 0 amide bonds. The van der Waals surface area contributed by atoms with Crippen LogP contribution in [0.2, 0.25) is 0 Å². The number of ether oxygens (including phenoxy) is 4. The van der Waals surface area contributed by atoms with Crippen LogP contribution in [-0.4, -0.2) is 32.6 Å². The number of methoxy groups -OCH3 is 2. The Bertz CT molecular complexity index is 1520. The highest BCUT2D eigenvalue weighted by Crippen LogP contribution is 2.47. The summed E-state index contributed by atoms with van der Waals surface area (Å²) in [4.78, 5) is 27.4. The number of carbonyl (C=O) groups excluding carboxylic acids is 2. The van der Waals surface area contributed by atoms with Gasteiger partial charge in [0.05, 0.1) is 26.4 Å². The predicted molar refractivity (Wildman–Crippen MR) is 161 cm³/mol. The van der Waals surface area contributed by atoms with Gasteiger partial charge in [-0.15, -0.1) is 0 Å². The normalized spacial score (nSPS) is 18.2. The molecule has 3 aromatic rings. The van der Waals surface area contributed by atoms with Crippen molar-refractivity contribution in [2.24, 2.45) is 0 Å². The lowest BCUT2D eigenvalue weighted by Crippen LogP contribution is -2.36. The Morgan fingerprint density at radius 3 is 2.43 bits per heavy atom. The summed E-state index contributed by atoms with van der Waals surface area (Å²) in [5.74, 6) is 0.906. The van der Waals surface area contributed by atoms with Crippen molar-refractivity contribution < 1.29 is 28.5 Å². The zero-order chi connectivity index (χ0) is 29.6. The Hall–Kier alpha value is -4.52. The molecule has 0 radical (unpaired) electrons. The summed E-state index contributed by atoms with van der Waals surface area (Å²) in [7, 11) is 3.21. The number of Topliss-reactive ketones (excluding diaryl/α,β-unsaturated/α-hetero) is 1. The molecule has 0 saturated heterocycles. The zero-order valence-electron chi connectivity index (χ0n) is 24.6. The lowest BCUT2D eigenvalue weighted by atomic mass is 9.71. The highest BCUT2D eigenvalue weighted by Gasteiger charge is 2.41. The largest absolute Gasteiger partial charge is 0.493 e. The van der Waals surface area contributed by atoms with Crippen LogP contribution in [0.15, 0.2) is 95.3 Å². The molecule has 2 aliphatic rings. The standard InChI is InChI=1S/C35H37NO6/c1-5-16-41-35(38)32-22(2)36-28-18-26(24-14-15-30(39-3)31(20-24)40-4)19-29(37)34(28)33(32)25-12-9-13-27(17-25)42-21-23-10-7-6-8-11-23/h6-15,17,20,26,33,36H,5,16,18-19,21H2,1-4H3. The summed E-state index contributed by atoms with van der Waals surface area (Å²) < 4.78 is 22.7. The van der Waals surface area contributed by atoms with Gasteiger partial charge in [-0.05, 0) is 66.6 Å². The molecule has 0 saturated carbocycles. The maximum Gasteiger partial charge on any atom is 0.336 e. The van der Waals surface area contributed by atoms with E-state index in [4.69, 9.17) is 18.9 Å². The van der Waals surface area contributed by atoms with Crippen molar-refractivity contribution >= 4 is 11.8 Å². The number of hydrogen-bond donors (Lipinski definition) is 1. The van der Waals surface area contributed by atoms with Crippen molar-refractivity contribution in [3.8, 4) is 17.2 Å². The molecule has 1 aliphatic heterocycles. The second-order valence-electron chi connectivity index (χ2n) is 10.6. The molecule has 1 aliphatic carbocycles. The molecule has 3 aromatic carbocycles. The fraction of sp³-hybridized carbons (Fsp3) is 0.314. The second-order valence-corrected chi connectivity index (χ2v) is 10.6. The number of dihydropyridines is 1. The smallest absolute Gasteiger partial charge is 0.336 e. The molecular weight excluding hydrogens is 530 g/mol. The van der Waals surface area contributed by atoms with Gasteiger partial charge in [0.15, 0.2) is 17.3 Å². The number of esters is 1. The lowest BCUT2D eigenvalue weighted by Gasteiger charge is -2.37. The molecule has 0 spiro atoms. The summed E-state index contributed by atoms with van der Waals surface area (Å²) in [6.07, 6.45) is 1.64. The first-order chi connectivity index (χ1) is 20.4. The van der Waals surface area contributed by atoms with E-state index in [2.05, 4.69) is 5.32 Å². The van der Waals surface area contributed by atoms with Crippen LogP contribution < -0.4 is 19.5 Å². The molecule has 2 unspecified atom stereocenters. The predicted octanol–water partition coefficient (Wildman–Crippen LogP) is 6.60. The molecule has 5 rings (SSSR count). The van der Waals surface area contributed by atoms with Crippen LogP contribution in [0, 0.1) is 0 Å². The molecule has 1 heterocycles. The van der Waals surface area contributed by atoms with Crippen LogP contribution >= 0.6 is 0 Å². The summed E-state index contributed by atoms with van der Waals surface area (Å²) in [6.45, 7) is 4.55. The summed E-state index contributed by atoms with van der Waals surface area (Å²) >= 11 is 0. The number of allylic oxidation sites excluding steroid dienone is 3. The first-order valence-electron chi connectivity index (χ1n) is 14.3. The Balaban J connectivity index is 1.51. The van der Waals surface area contributed by atoms with Crippen molar-refractivity contribution in [2.75, 3.05) is 20.8 Å². The Labute approximate surface area is 247 Å². The molecule has 1 N–H and O–H groups in total. The number of carbonyl (C=O) groups is 2. The third kappa shape index (κ3) is 6.05. The fourth-order valence-electron chi connectivity index (χ4n) is 5.78. The van der Waals surface area contributed by atoms with E-state index in [0.29, 0.717) is 66.6 Å². The van der Waals surface area contributed by atoms with Crippen LogP contribution in [0.1, 0.15) is 61.6 Å². The third-order valence-corrected chi connectivity index (χ3v) is 7.80. The molecule has 7 nitrogen and oxygen atoms in total. The minimum absolute atomic E-state index is 0.00238. The van der Waals surface area contributed by atoms with Crippen molar-refractivity contribution in [2.45, 2.75) is 51.6 Å². The highest BCUT2D eigenvalue weighted by molar-refractivity contribution is 6.04. The van der Waals surface area contributed by atoms with Gasteiger partial charge >= 0.3 is 5.97 Å². The number of nitrogens with one attached hydrogen (secondary N) is 1. The molecule has 2 atom stereocenters. The van der Waals surface area contributed by atoms with E-state index in [1.54, 1.807) is 14.2 Å². The molecule has 218 valence electrons. The Kier molecular flexibility index (Phi) is 8.96. The van der Waals surface area contributed by atoms with Gasteiger partial charge in [-0.2, -0.15) is 0 Å². The van der Waals surface area contributed by atoms with Crippen LogP contribution in [-0.2, 0) is 20.9 Å². The summed E-state index contributed by atoms with van der Waals surface area (Å²) in [5.41, 5.74) is 5.46. The Morgan fingerprint density at radius 2 is 1.69 bits per heavy atom. The number of hydrogen-bond acceptors (Lipinski definition) is 7. The van der Waals surface area contributed by atoms with E-state index in [-0.39, 0.29) is 11.7 Å². The Morgan fingerprint density at radius 1 is 0.905 bits per heavy atom. The van der Waals surface area contributed by atoms with Gasteiger partial charge < -0.3 is 24.3 Å². The lowest BCUT2D eigenvalue weighted by molar-refractivity contribution is -0.139. The molecule has 42 heavy (non-hydrogen) atoms. The zero-order valence-corrected chi connectivity index (χ0v) is 24.6. The topological polar surface area (TPSA) is 83.1 Å². The van der Waals surface area contributed by atoms with Crippen molar-refractivity contribution in [1.29, 1.82) is 0 Å². The average molecular weight is 568 g/mol. The number of benzene rings is 3. The van der Waals surface area contributed by atoms with Crippen LogP contribution in [0.4, 0.5) is 0 Å². The average Bonchev–Trinajstić information content (AvgIpc) is 3.02. The van der Waals surface area contributed by atoms with E-state index in [1.165, 1.54) is 0 Å². The minimum atomic E-state index is -0.565. The quantitative estimate of drug-likeness (QED) is 0.277. The summed E-state index contributed by atoms with van der Waals surface area (Å²) in [5, 5.41) is 3.42. The minimum Gasteiger partial charge on any atom is -0.493 e. The van der Waals surface area contributed by atoms with Gasteiger partial charge in [0, 0.05) is 29.3 Å². The molecule has 0 bridgehead atoms. The maximum absolute atomic E-state index is 14.0. The number of rotatable bonds is 10. The van der Waals surface area contributed by atoms with Gasteiger partial charge in [-0.25, -0.2) is 4.79 Å². The van der Waals surface area contributed by atoms with Crippen LogP contribution in [0.3, 0.4) is 0 Å².